The number of nitrogens with one attached hydrogen (secondary N) is 1. The lowest BCUT2D eigenvalue weighted by Crippen LogP contribution is -2.39. The molecule has 1 N–H and O–H groups in total. The van der Waals surface area contributed by atoms with Gasteiger partial charge in [0, 0.05) is 65.3 Å². The largest absolute Gasteiger partial charge is 0.476 e. The van der Waals surface area contributed by atoms with Gasteiger partial charge in [-0.3, -0.25) is 15.0 Å². The fourth-order valence-electron chi connectivity index (χ4n) is 7.85. The number of nitrogens with zero attached hydrogens (tertiary/aromatic N) is 3. The van der Waals surface area contributed by atoms with Crippen LogP contribution in [0, 0.1) is 13.8 Å². The second-order valence-electron chi connectivity index (χ2n) is 19.3. The number of hydrogen-bond donors (Lipinski definition) is 1. The quantitative estimate of drug-likeness (QED) is 0.0896. The molecule has 0 unspecified atom stereocenters. The summed E-state index contributed by atoms with van der Waals surface area (Å²) in [5.74, 6) is 1.06. The van der Waals surface area contributed by atoms with Crippen molar-refractivity contribution in [1.29, 1.82) is 0 Å². The Kier molecular flexibility index (Phi) is 19.7. The van der Waals surface area contributed by atoms with Crippen LogP contribution in [-0.4, -0.2) is 96.2 Å². The molecule has 16 nitrogen and oxygen atoms in total. The van der Waals surface area contributed by atoms with Gasteiger partial charge in [-0.05, 0) is 198 Å². The highest BCUT2D eigenvalue weighted by Gasteiger charge is 2.34. The number of ether oxygens (including phenoxy) is 8. The Morgan fingerprint density at radius 2 is 0.920 bits per heavy atom. The molecule has 0 spiro atoms. The number of pyridine rings is 3. The van der Waals surface area contributed by atoms with Gasteiger partial charge in [-0.1, -0.05) is 6.07 Å². The number of carbonyl (C=O) groups excluding carboxylic acids is 4. The molecule has 8 rings (SSSR count). The molecule has 7 aromatic rings. The van der Waals surface area contributed by atoms with Crippen LogP contribution in [0.25, 0.3) is 32.3 Å². The number of halogens is 1. The summed E-state index contributed by atoms with van der Waals surface area (Å²) < 4.78 is 42.8. The maximum atomic E-state index is 11.7. The zero-order valence-corrected chi connectivity index (χ0v) is 46.7. The summed E-state index contributed by atoms with van der Waals surface area (Å²) >= 11 is 3.50. The fraction of sp³-hybridized carbons (Fsp3) is 0.362. The van der Waals surface area contributed by atoms with Gasteiger partial charge in [0.25, 0.3) is 0 Å². The predicted octanol–water partition coefficient (Wildman–Crippen LogP) is 10.7. The Bertz CT molecular complexity index is 3040. The van der Waals surface area contributed by atoms with Crippen molar-refractivity contribution >= 4 is 72.1 Å². The van der Waals surface area contributed by atoms with E-state index in [-0.39, 0.29) is 5.97 Å². The third kappa shape index (κ3) is 14.9. The molecule has 0 aliphatic carbocycles. The maximum Gasteiger partial charge on any atom is 0.349 e. The number of fused-ring (bicyclic) bond motifs is 4. The zero-order chi connectivity index (χ0) is 55.3. The van der Waals surface area contributed by atoms with Crippen LogP contribution in [0.5, 0.6) is 23.0 Å². The summed E-state index contributed by atoms with van der Waals surface area (Å²) in [5, 5.41) is 9.48. The maximum absolute atomic E-state index is 11.7. The lowest BCUT2D eigenvalue weighted by Gasteiger charge is -2.27. The van der Waals surface area contributed by atoms with E-state index in [0.29, 0.717) is 17.2 Å². The van der Waals surface area contributed by atoms with E-state index in [1.807, 2.05) is 74.5 Å². The minimum absolute atomic E-state index is 0.369. The number of aryl methyl sites for hydroxylation is 1. The molecular weight excluding hydrogens is 1020 g/mol. The highest BCUT2D eigenvalue weighted by Crippen LogP contribution is 2.36. The van der Waals surface area contributed by atoms with Gasteiger partial charge in [-0.15, -0.1) is 0 Å². The molecule has 0 saturated carbocycles. The van der Waals surface area contributed by atoms with Crippen molar-refractivity contribution in [3.05, 3.63) is 137 Å². The number of methoxy groups -OCH3 is 4. The molecule has 0 fully saturated rings. The molecule has 0 atom stereocenters. The molecule has 398 valence electrons. The first-order valence-electron chi connectivity index (χ1n) is 24.0. The summed E-state index contributed by atoms with van der Waals surface area (Å²) in [6.07, 6.45) is 11.5. The zero-order valence-electron chi connectivity index (χ0n) is 45.1. The molecule has 4 heterocycles. The van der Waals surface area contributed by atoms with Crippen LogP contribution in [0.4, 0.5) is 0 Å². The number of hydrogen-bond acceptors (Lipinski definition) is 16. The molecule has 0 saturated heterocycles. The number of aromatic nitrogens is 3. The average Bonchev–Trinajstić information content (AvgIpc) is 3.40. The molecule has 1 aliphatic heterocycles. The van der Waals surface area contributed by atoms with Gasteiger partial charge in [0.15, 0.2) is 22.4 Å². The summed E-state index contributed by atoms with van der Waals surface area (Å²) in [6, 6.07) is 22.8. The third-order valence-corrected chi connectivity index (χ3v) is 12.9. The van der Waals surface area contributed by atoms with Crippen LogP contribution in [0.1, 0.15) is 77.6 Å². The number of rotatable bonds is 12. The lowest BCUT2D eigenvalue weighted by molar-refractivity contribution is -0.156. The monoisotopic (exact) mass is 1090 g/mol. The van der Waals surface area contributed by atoms with Crippen molar-refractivity contribution < 1.29 is 57.1 Å². The van der Waals surface area contributed by atoms with Crippen LogP contribution in [0.2, 0.25) is 0 Å². The van der Waals surface area contributed by atoms with E-state index < -0.39 is 40.3 Å². The van der Waals surface area contributed by atoms with E-state index in [1.54, 1.807) is 98.6 Å². The molecule has 0 radical (unpaired) electrons. The minimum atomic E-state index is -1.04. The SMILES string of the molecule is COC(=O)C(C)(C)Oc1ccc2c(c1C)CCNC2.COC(=O)C(C)(C)Oc1ccc2cnccc2c1.COC(=O)C(C)(C)Oc1ccc2cnccc2c1Br.COC(=O)C(C)(C)Oc1ccc2cnccc2c1C. The van der Waals surface area contributed by atoms with E-state index in [1.165, 1.54) is 39.6 Å². The van der Waals surface area contributed by atoms with E-state index in [0.717, 1.165) is 73.2 Å². The molecule has 3 aromatic heterocycles. The van der Waals surface area contributed by atoms with Gasteiger partial charge in [0.05, 0.1) is 32.9 Å². The number of carbonyl (C=O) groups is 4. The molecule has 17 heteroatoms. The summed E-state index contributed by atoms with van der Waals surface area (Å²) in [4.78, 5) is 58.7. The fourth-order valence-corrected chi connectivity index (χ4v) is 8.42. The Morgan fingerprint density at radius 1 is 0.493 bits per heavy atom. The number of esters is 4. The Hall–Kier alpha value is -7.37. The van der Waals surface area contributed by atoms with E-state index in [2.05, 4.69) is 42.3 Å². The minimum Gasteiger partial charge on any atom is -0.476 e. The van der Waals surface area contributed by atoms with Crippen LogP contribution in [0.15, 0.2) is 114 Å². The van der Waals surface area contributed by atoms with Gasteiger partial charge >= 0.3 is 23.9 Å². The molecule has 0 amide bonds. The highest BCUT2D eigenvalue weighted by molar-refractivity contribution is 9.10. The highest BCUT2D eigenvalue weighted by atomic mass is 79.9. The topological polar surface area (TPSA) is 193 Å². The normalized spacial score (nSPS) is 12.2. The van der Waals surface area contributed by atoms with Gasteiger partial charge < -0.3 is 43.2 Å². The lowest BCUT2D eigenvalue weighted by atomic mass is 9.95. The molecular formula is C58H67BrN4O12. The summed E-state index contributed by atoms with van der Waals surface area (Å²) in [5.41, 5.74) is 0.714. The van der Waals surface area contributed by atoms with Crippen molar-refractivity contribution in [3.8, 4) is 23.0 Å². The Labute approximate surface area is 446 Å². The van der Waals surface area contributed by atoms with Crippen molar-refractivity contribution in [1.82, 2.24) is 20.3 Å². The average molecular weight is 1090 g/mol. The standard InChI is InChI=1S/C15H21NO3.C15H17NO3.C14H14BrNO3.C14H15NO3/c2*1-10-12-7-8-16-9-11(12)5-6-13(10)19-15(2,3)14(17)18-4;1-14(2,13(17)18-3)19-11-5-4-9-8-16-7-6-10(9)12(11)15;1-14(2,13(16)17-3)18-12-5-4-11-9-15-7-6-10(11)8-12/h5-6,16H,7-9H2,1-4H3;5-9H,1-4H3;4-8H,1-3H3;4-9H,1-3H3. The van der Waals surface area contributed by atoms with Crippen LogP contribution in [-0.2, 0) is 51.1 Å². The second-order valence-corrected chi connectivity index (χ2v) is 20.1. The van der Waals surface area contributed by atoms with Crippen molar-refractivity contribution in [3.63, 3.8) is 0 Å². The first-order chi connectivity index (χ1) is 35.4. The van der Waals surface area contributed by atoms with E-state index in [4.69, 9.17) is 37.9 Å². The first kappa shape index (κ1) is 58.5. The smallest absolute Gasteiger partial charge is 0.349 e. The van der Waals surface area contributed by atoms with Crippen LogP contribution < -0.4 is 24.3 Å². The van der Waals surface area contributed by atoms with Crippen molar-refractivity contribution in [2.75, 3.05) is 35.0 Å². The Morgan fingerprint density at radius 3 is 1.47 bits per heavy atom. The van der Waals surface area contributed by atoms with Crippen molar-refractivity contribution in [2.45, 2.75) is 105 Å². The van der Waals surface area contributed by atoms with Gasteiger partial charge in [0.2, 0.25) is 0 Å². The van der Waals surface area contributed by atoms with Crippen LogP contribution in [0.3, 0.4) is 0 Å². The predicted molar refractivity (Wildman–Crippen MR) is 291 cm³/mol. The van der Waals surface area contributed by atoms with Gasteiger partial charge in [-0.25, -0.2) is 19.2 Å². The molecule has 1 aliphatic rings. The van der Waals surface area contributed by atoms with Gasteiger partial charge in [-0.2, -0.15) is 0 Å². The van der Waals surface area contributed by atoms with Gasteiger partial charge in [0.1, 0.15) is 23.0 Å². The van der Waals surface area contributed by atoms with E-state index in [9.17, 15) is 19.2 Å². The number of benzene rings is 4. The van der Waals surface area contributed by atoms with E-state index >= 15 is 0 Å². The molecule has 4 aromatic carbocycles. The Balaban J connectivity index is 0.000000185. The summed E-state index contributed by atoms with van der Waals surface area (Å²) in [7, 11) is 5.42. The molecule has 75 heavy (non-hydrogen) atoms. The first-order valence-corrected chi connectivity index (χ1v) is 24.8. The van der Waals surface area contributed by atoms with Crippen LogP contribution >= 0.6 is 15.9 Å². The second kappa shape index (κ2) is 25.2. The molecule has 0 bridgehead atoms. The third-order valence-electron chi connectivity index (χ3n) is 12.1. The summed E-state index contributed by atoms with van der Waals surface area (Å²) in [6.45, 7) is 19.4. The van der Waals surface area contributed by atoms with Crippen molar-refractivity contribution in [2.24, 2.45) is 0 Å².